The molecule has 2 aromatic carbocycles. The summed E-state index contributed by atoms with van der Waals surface area (Å²) in [5, 5.41) is 18.2. The zero-order valence-corrected chi connectivity index (χ0v) is 16.3. The lowest BCUT2D eigenvalue weighted by Crippen LogP contribution is -2.27. The molecule has 0 bridgehead atoms. The number of para-hydroxylation sites is 2. The van der Waals surface area contributed by atoms with Gasteiger partial charge in [0.05, 0.1) is 18.2 Å². The van der Waals surface area contributed by atoms with Crippen LogP contribution in [-0.4, -0.2) is 37.3 Å². The fraction of sp³-hybridized carbons (Fsp3) is 0.100. The fourth-order valence-electron chi connectivity index (χ4n) is 3.06. The first kappa shape index (κ1) is 19.8. The van der Waals surface area contributed by atoms with Crippen LogP contribution in [0.25, 0.3) is 16.7 Å². The molecule has 31 heavy (non-hydrogen) atoms. The summed E-state index contributed by atoms with van der Waals surface area (Å²) < 4.78 is 7.45. The maximum absolute atomic E-state index is 12.8. The van der Waals surface area contributed by atoms with Crippen molar-refractivity contribution in [1.82, 2.24) is 19.3 Å². The summed E-state index contributed by atoms with van der Waals surface area (Å²) >= 11 is 0. The molecule has 0 saturated heterocycles. The summed E-state index contributed by atoms with van der Waals surface area (Å²) in [6, 6.07) is 12.8. The van der Waals surface area contributed by atoms with Crippen molar-refractivity contribution in [2.75, 3.05) is 12.4 Å². The Labute approximate surface area is 174 Å². The first-order valence-corrected chi connectivity index (χ1v) is 9.09. The van der Waals surface area contributed by atoms with E-state index >= 15 is 0 Å². The summed E-state index contributed by atoms with van der Waals surface area (Å²) in [7, 11) is 1.54. The maximum atomic E-state index is 12.8. The van der Waals surface area contributed by atoms with E-state index in [-0.39, 0.29) is 29.0 Å². The highest BCUT2D eigenvalue weighted by atomic mass is 16.6. The molecule has 4 rings (SSSR count). The number of methoxy groups -OCH3 is 1. The molecule has 2 aromatic heterocycles. The van der Waals surface area contributed by atoms with Gasteiger partial charge in [0.25, 0.3) is 11.2 Å². The minimum atomic E-state index is -0.534. The summed E-state index contributed by atoms with van der Waals surface area (Å²) in [5.41, 5.74) is 0.240. The van der Waals surface area contributed by atoms with Crippen LogP contribution in [-0.2, 0) is 11.3 Å². The number of amides is 1. The molecule has 156 valence electrons. The molecule has 0 unspecified atom stereocenters. The van der Waals surface area contributed by atoms with Crippen molar-refractivity contribution in [2.45, 2.75) is 6.54 Å². The van der Waals surface area contributed by atoms with Crippen LogP contribution in [0.4, 0.5) is 11.4 Å². The smallest absolute Gasteiger partial charge is 0.294 e. The summed E-state index contributed by atoms with van der Waals surface area (Å²) in [6.45, 7) is -0.259. The van der Waals surface area contributed by atoms with Gasteiger partial charge in [0.2, 0.25) is 5.91 Å². The van der Waals surface area contributed by atoms with E-state index in [9.17, 15) is 19.7 Å². The third-order valence-electron chi connectivity index (χ3n) is 4.55. The van der Waals surface area contributed by atoms with Crippen molar-refractivity contribution >= 4 is 28.3 Å². The van der Waals surface area contributed by atoms with Crippen molar-refractivity contribution < 1.29 is 14.5 Å². The number of aromatic nitrogens is 4. The number of carbonyl (C=O) groups excluding carboxylic acids is 1. The highest BCUT2D eigenvalue weighted by molar-refractivity contribution is 5.90. The number of anilines is 1. The van der Waals surface area contributed by atoms with E-state index in [4.69, 9.17) is 4.74 Å². The molecule has 0 fully saturated rings. The number of rotatable bonds is 6. The van der Waals surface area contributed by atoms with Crippen molar-refractivity contribution in [3.8, 4) is 11.4 Å². The predicted molar refractivity (Wildman–Crippen MR) is 111 cm³/mol. The predicted octanol–water partition coefficient (Wildman–Crippen LogP) is 2.14. The van der Waals surface area contributed by atoms with E-state index in [1.165, 1.54) is 35.4 Å². The number of benzene rings is 2. The SMILES string of the molecule is COc1ccc(NC(=O)Cn2cnc3c(cnn3-c3ccccc3[N+](=O)[O-])c2=O)cc1. The number of hydrogen-bond acceptors (Lipinski definition) is 7. The number of nitrogens with zero attached hydrogens (tertiary/aromatic N) is 5. The molecule has 0 aliphatic carbocycles. The molecular weight excluding hydrogens is 404 g/mol. The molecule has 4 aromatic rings. The lowest BCUT2D eigenvalue weighted by atomic mass is 10.2. The van der Waals surface area contributed by atoms with Crippen LogP contribution < -0.4 is 15.6 Å². The van der Waals surface area contributed by atoms with Gasteiger partial charge in [0, 0.05) is 11.8 Å². The third-order valence-corrected chi connectivity index (χ3v) is 4.55. The van der Waals surface area contributed by atoms with E-state index in [0.717, 1.165) is 4.57 Å². The zero-order chi connectivity index (χ0) is 22.0. The van der Waals surface area contributed by atoms with Gasteiger partial charge in [-0.1, -0.05) is 12.1 Å². The largest absolute Gasteiger partial charge is 0.497 e. The van der Waals surface area contributed by atoms with Gasteiger partial charge in [-0.15, -0.1) is 0 Å². The average Bonchev–Trinajstić information content (AvgIpc) is 3.21. The molecular formula is C20H16N6O5. The Morgan fingerprint density at radius 3 is 2.65 bits per heavy atom. The first-order valence-electron chi connectivity index (χ1n) is 9.09. The number of nitro groups is 1. The molecule has 0 saturated carbocycles. The molecule has 0 aliphatic rings. The minimum Gasteiger partial charge on any atom is -0.497 e. The monoisotopic (exact) mass is 420 g/mol. The van der Waals surface area contributed by atoms with E-state index in [2.05, 4.69) is 15.4 Å². The van der Waals surface area contributed by atoms with E-state index in [1.54, 1.807) is 37.4 Å². The molecule has 0 spiro atoms. The Kier molecular flexibility index (Phi) is 5.14. The fourth-order valence-corrected chi connectivity index (χ4v) is 3.06. The van der Waals surface area contributed by atoms with Gasteiger partial charge in [0.1, 0.15) is 29.7 Å². The van der Waals surface area contributed by atoms with Crippen LogP contribution in [0.2, 0.25) is 0 Å². The number of nitro benzene ring substituents is 1. The van der Waals surface area contributed by atoms with Gasteiger partial charge < -0.3 is 10.1 Å². The highest BCUT2D eigenvalue weighted by Crippen LogP contribution is 2.23. The van der Waals surface area contributed by atoms with Gasteiger partial charge in [-0.3, -0.25) is 24.3 Å². The maximum Gasteiger partial charge on any atom is 0.294 e. The van der Waals surface area contributed by atoms with Gasteiger partial charge in [-0.2, -0.15) is 5.10 Å². The quantitative estimate of drug-likeness (QED) is 0.373. The average molecular weight is 420 g/mol. The van der Waals surface area contributed by atoms with Crippen LogP contribution in [0.15, 0.2) is 65.8 Å². The van der Waals surface area contributed by atoms with E-state index in [0.29, 0.717) is 11.4 Å². The van der Waals surface area contributed by atoms with Crippen molar-refractivity contribution in [2.24, 2.45) is 0 Å². The number of hydrogen-bond donors (Lipinski definition) is 1. The van der Waals surface area contributed by atoms with Gasteiger partial charge in [-0.25, -0.2) is 9.67 Å². The molecule has 1 N–H and O–H groups in total. The Balaban J connectivity index is 1.61. The summed E-state index contributed by atoms with van der Waals surface area (Å²) in [4.78, 5) is 40.1. The minimum absolute atomic E-state index is 0.137. The molecule has 2 heterocycles. The second-order valence-electron chi connectivity index (χ2n) is 6.49. The van der Waals surface area contributed by atoms with Crippen LogP contribution in [0.5, 0.6) is 5.75 Å². The van der Waals surface area contributed by atoms with Gasteiger partial charge >= 0.3 is 0 Å². The standard InChI is InChI=1S/C20H16N6O5/c1-31-14-8-6-13(7-9-14)23-18(27)11-24-12-21-19-15(20(24)28)10-22-25(19)16-4-2-3-5-17(16)26(29)30/h2-10,12H,11H2,1H3,(H,23,27). The second kappa shape index (κ2) is 8.06. The zero-order valence-electron chi connectivity index (χ0n) is 16.3. The van der Waals surface area contributed by atoms with Crippen LogP contribution in [0.1, 0.15) is 0 Å². The summed E-state index contributed by atoms with van der Waals surface area (Å²) in [5.74, 6) is 0.235. The number of carbonyl (C=O) groups is 1. The first-order chi connectivity index (χ1) is 15.0. The number of fused-ring (bicyclic) bond motifs is 1. The third kappa shape index (κ3) is 3.83. The molecule has 0 atom stereocenters. The normalized spacial score (nSPS) is 10.7. The van der Waals surface area contributed by atoms with Gasteiger partial charge in [-0.05, 0) is 30.3 Å². The van der Waals surface area contributed by atoms with E-state index < -0.39 is 16.4 Å². The van der Waals surface area contributed by atoms with Crippen LogP contribution in [0.3, 0.4) is 0 Å². The molecule has 0 aliphatic heterocycles. The van der Waals surface area contributed by atoms with Crippen LogP contribution in [0, 0.1) is 10.1 Å². The van der Waals surface area contributed by atoms with E-state index in [1.807, 2.05) is 0 Å². The van der Waals surface area contributed by atoms with Crippen molar-refractivity contribution in [1.29, 1.82) is 0 Å². The molecule has 0 radical (unpaired) electrons. The number of ether oxygens (including phenoxy) is 1. The number of nitrogens with one attached hydrogen (secondary N) is 1. The Morgan fingerprint density at radius 2 is 1.94 bits per heavy atom. The lowest BCUT2D eigenvalue weighted by molar-refractivity contribution is -0.384. The molecule has 1 amide bonds. The van der Waals surface area contributed by atoms with Crippen LogP contribution >= 0.6 is 0 Å². The molecule has 11 heteroatoms. The van der Waals surface area contributed by atoms with Crippen molar-refractivity contribution in [3.63, 3.8) is 0 Å². The highest BCUT2D eigenvalue weighted by Gasteiger charge is 2.19. The summed E-state index contributed by atoms with van der Waals surface area (Å²) in [6.07, 6.45) is 2.49. The topological polar surface area (TPSA) is 134 Å². The lowest BCUT2D eigenvalue weighted by Gasteiger charge is -2.08. The Morgan fingerprint density at radius 1 is 1.19 bits per heavy atom. The Hall–Kier alpha value is -4.54. The van der Waals surface area contributed by atoms with Crippen molar-refractivity contribution in [3.05, 3.63) is 81.5 Å². The molecule has 11 nitrogen and oxygen atoms in total. The Bertz CT molecular complexity index is 1340. The second-order valence-corrected chi connectivity index (χ2v) is 6.49. The van der Waals surface area contributed by atoms with Gasteiger partial charge in [0.15, 0.2) is 5.65 Å².